The van der Waals surface area contributed by atoms with Crippen LogP contribution >= 0.6 is 0 Å². The minimum absolute atomic E-state index is 0.0792. The Morgan fingerprint density at radius 3 is 2.68 bits per heavy atom. The lowest BCUT2D eigenvalue weighted by Crippen LogP contribution is -2.18. The summed E-state index contributed by atoms with van der Waals surface area (Å²) >= 11 is 0. The Labute approximate surface area is 181 Å². The number of ether oxygens (including phenoxy) is 2. The van der Waals surface area contributed by atoms with Crippen LogP contribution in [0.1, 0.15) is 50.8 Å². The van der Waals surface area contributed by atoms with Crippen LogP contribution in [0.5, 0.6) is 0 Å². The first-order chi connectivity index (χ1) is 14.9. The molecule has 162 valence electrons. The topological polar surface area (TPSA) is 83.6 Å². The van der Waals surface area contributed by atoms with E-state index >= 15 is 0 Å². The zero-order chi connectivity index (χ0) is 22.0. The van der Waals surface area contributed by atoms with Gasteiger partial charge in [-0.3, -0.25) is 4.79 Å². The van der Waals surface area contributed by atoms with Crippen molar-refractivity contribution in [3.05, 3.63) is 64.8 Å². The largest absolute Gasteiger partial charge is 0.452 e. The minimum atomic E-state index is -0.676. The monoisotopic (exact) mass is 422 g/mol. The second-order valence-corrected chi connectivity index (χ2v) is 7.82. The van der Waals surface area contributed by atoms with Gasteiger partial charge in [0.1, 0.15) is 5.76 Å². The van der Waals surface area contributed by atoms with Crippen molar-refractivity contribution >= 4 is 11.8 Å². The van der Waals surface area contributed by atoms with Crippen molar-refractivity contribution in [2.24, 2.45) is 0 Å². The van der Waals surface area contributed by atoms with E-state index in [4.69, 9.17) is 13.9 Å². The second kappa shape index (κ2) is 8.89. The number of esters is 1. The highest BCUT2D eigenvalue weighted by Crippen LogP contribution is 2.23. The van der Waals surface area contributed by atoms with Crippen LogP contribution in [0.2, 0.25) is 0 Å². The Balaban J connectivity index is 1.42. The number of hydrogen-bond donors (Lipinski definition) is 0. The Hall–Kier alpha value is -3.19. The van der Waals surface area contributed by atoms with E-state index in [0.29, 0.717) is 17.2 Å². The lowest BCUT2D eigenvalue weighted by Gasteiger charge is -2.14. The third kappa shape index (κ3) is 4.46. The highest BCUT2D eigenvalue weighted by molar-refractivity contribution is 6.00. The molecule has 7 nitrogen and oxygen atoms in total. The Morgan fingerprint density at radius 1 is 1.19 bits per heavy atom. The number of oxazole rings is 1. The van der Waals surface area contributed by atoms with Gasteiger partial charge in [-0.05, 0) is 51.8 Å². The number of benzene rings is 1. The van der Waals surface area contributed by atoms with Crippen LogP contribution in [0, 0.1) is 20.8 Å². The quantitative estimate of drug-likeness (QED) is 0.417. The van der Waals surface area contributed by atoms with E-state index in [9.17, 15) is 9.59 Å². The first-order valence-electron chi connectivity index (χ1n) is 10.5. The van der Waals surface area contributed by atoms with Gasteiger partial charge in [-0.25, -0.2) is 9.78 Å². The van der Waals surface area contributed by atoms with Crippen LogP contribution in [0.25, 0.3) is 11.5 Å². The SMILES string of the molecule is Cc1oc(-c2ccccc2)nc1C(=O)OCC(=O)c1cc(C)n(C[C@H]2CCCO2)c1C. The number of aryl methyl sites for hydroxylation is 2. The summed E-state index contributed by atoms with van der Waals surface area (Å²) in [5.74, 6) is -0.227. The third-order valence-electron chi connectivity index (χ3n) is 5.63. The molecule has 0 N–H and O–H groups in total. The van der Waals surface area contributed by atoms with E-state index in [1.165, 1.54) is 0 Å². The Morgan fingerprint density at radius 2 is 1.97 bits per heavy atom. The van der Waals surface area contributed by atoms with Crippen molar-refractivity contribution in [3.8, 4) is 11.5 Å². The number of rotatable bonds is 7. The molecule has 0 bridgehead atoms. The summed E-state index contributed by atoms with van der Waals surface area (Å²) in [6.07, 6.45) is 2.28. The zero-order valence-electron chi connectivity index (χ0n) is 18.0. The third-order valence-corrected chi connectivity index (χ3v) is 5.63. The molecule has 0 unspecified atom stereocenters. The van der Waals surface area contributed by atoms with Gasteiger partial charge in [-0.15, -0.1) is 0 Å². The van der Waals surface area contributed by atoms with E-state index in [0.717, 1.165) is 42.9 Å². The fourth-order valence-corrected chi connectivity index (χ4v) is 3.92. The summed E-state index contributed by atoms with van der Waals surface area (Å²) in [6, 6.07) is 11.1. The molecule has 0 saturated carbocycles. The fraction of sp³-hybridized carbons (Fsp3) is 0.375. The standard InChI is InChI=1S/C24H26N2O5/c1-15-12-20(16(2)26(15)13-19-10-7-11-29-19)21(27)14-30-24(28)22-17(3)31-23(25-22)18-8-5-4-6-9-18/h4-6,8-9,12,19H,7,10-11,13-14H2,1-3H3/t19-/m1/s1. The predicted molar refractivity (Wildman–Crippen MR) is 114 cm³/mol. The molecule has 4 rings (SSSR count). The maximum Gasteiger partial charge on any atom is 0.361 e. The van der Waals surface area contributed by atoms with Crippen molar-refractivity contribution in [3.63, 3.8) is 0 Å². The van der Waals surface area contributed by atoms with Crippen molar-refractivity contribution in [1.82, 2.24) is 9.55 Å². The second-order valence-electron chi connectivity index (χ2n) is 7.82. The first-order valence-corrected chi connectivity index (χ1v) is 10.5. The molecule has 1 aromatic carbocycles. The minimum Gasteiger partial charge on any atom is -0.452 e. The van der Waals surface area contributed by atoms with Gasteiger partial charge in [0.15, 0.2) is 12.3 Å². The molecule has 0 aliphatic carbocycles. The average Bonchev–Trinajstić information content (AvgIpc) is 3.49. The van der Waals surface area contributed by atoms with Gasteiger partial charge in [0.25, 0.3) is 0 Å². The van der Waals surface area contributed by atoms with Crippen LogP contribution in [0.4, 0.5) is 0 Å². The molecule has 0 spiro atoms. The zero-order valence-corrected chi connectivity index (χ0v) is 18.0. The van der Waals surface area contributed by atoms with Crippen LogP contribution in [-0.4, -0.2) is 40.6 Å². The molecule has 0 radical (unpaired) electrons. The number of nitrogens with zero attached hydrogens (tertiary/aromatic N) is 2. The molecule has 1 fully saturated rings. The number of carbonyl (C=O) groups excluding carboxylic acids is 2. The van der Waals surface area contributed by atoms with E-state index in [1.54, 1.807) is 6.92 Å². The molecule has 1 saturated heterocycles. The van der Waals surface area contributed by atoms with Gasteiger partial charge in [-0.1, -0.05) is 18.2 Å². The maximum absolute atomic E-state index is 12.8. The molecular formula is C24H26N2O5. The molecule has 3 aromatic rings. The van der Waals surface area contributed by atoms with Gasteiger partial charge >= 0.3 is 5.97 Å². The molecular weight excluding hydrogens is 396 g/mol. The van der Waals surface area contributed by atoms with Crippen molar-refractivity contribution in [2.75, 3.05) is 13.2 Å². The molecule has 1 aliphatic rings. The van der Waals surface area contributed by atoms with Crippen LogP contribution < -0.4 is 0 Å². The van der Waals surface area contributed by atoms with Crippen LogP contribution in [0.3, 0.4) is 0 Å². The lowest BCUT2D eigenvalue weighted by molar-refractivity contribution is 0.0467. The van der Waals surface area contributed by atoms with Gasteiger partial charge in [0.05, 0.1) is 6.10 Å². The van der Waals surface area contributed by atoms with Crippen molar-refractivity contribution < 1.29 is 23.5 Å². The lowest BCUT2D eigenvalue weighted by atomic mass is 10.1. The smallest absolute Gasteiger partial charge is 0.361 e. The highest BCUT2D eigenvalue weighted by Gasteiger charge is 2.24. The number of hydrogen-bond acceptors (Lipinski definition) is 6. The number of ketones is 1. The summed E-state index contributed by atoms with van der Waals surface area (Å²) in [6.45, 7) is 6.69. The van der Waals surface area contributed by atoms with Gasteiger partial charge in [0.2, 0.25) is 11.7 Å². The number of carbonyl (C=O) groups is 2. The van der Waals surface area contributed by atoms with Crippen LogP contribution in [0.15, 0.2) is 40.8 Å². The van der Waals surface area contributed by atoms with Crippen molar-refractivity contribution in [2.45, 2.75) is 46.3 Å². The summed E-state index contributed by atoms with van der Waals surface area (Å²) < 4.78 is 18.7. The van der Waals surface area contributed by atoms with Crippen molar-refractivity contribution in [1.29, 1.82) is 0 Å². The normalized spacial score (nSPS) is 15.9. The summed E-state index contributed by atoms with van der Waals surface area (Å²) in [4.78, 5) is 29.5. The molecule has 3 heterocycles. The Bertz CT molecular complexity index is 1090. The number of aromatic nitrogens is 2. The van der Waals surface area contributed by atoms with E-state index in [2.05, 4.69) is 9.55 Å². The molecule has 0 amide bonds. The van der Waals surface area contributed by atoms with Crippen LogP contribution in [-0.2, 0) is 16.0 Å². The Kier molecular flexibility index (Phi) is 6.04. The summed E-state index contributed by atoms with van der Waals surface area (Å²) in [5, 5.41) is 0. The molecule has 2 aromatic heterocycles. The van der Waals surface area contributed by atoms with E-state index < -0.39 is 5.97 Å². The summed E-state index contributed by atoms with van der Waals surface area (Å²) in [7, 11) is 0. The van der Waals surface area contributed by atoms with E-state index in [1.807, 2.05) is 50.2 Å². The average molecular weight is 422 g/mol. The first kappa shape index (κ1) is 21.1. The summed E-state index contributed by atoms with van der Waals surface area (Å²) in [5.41, 5.74) is 3.25. The van der Waals surface area contributed by atoms with Gasteiger partial charge in [0, 0.05) is 35.7 Å². The van der Waals surface area contributed by atoms with Gasteiger partial charge < -0.3 is 18.5 Å². The maximum atomic E-state index is 12.8. The number of Topliss-reactive ketones (excluding diaryl/α,β-unsaturated/α-hetero) is 1. The fourth-order valence-electron chi connectivity index (χ4n) is 3.92. The molecule has 31 heavy (non-hydrogen) atoms. The van der Waals surface area contributed by atoms with E-state index in [-0.39, 0.29) is 24.2 Å². The van der Waals surface area contributed by atoms with Gasteiger partial charge in [-0.2, -0.15) is 0 Å². The highest BCUT2D eigenvalue weighted by atomic mass is 16.5. The predicted octanol–water partition coefficient (Wildman–Crippen LogP) is 4.29. The molecule has 1 atom stereocenters. The molecule has 7 heteroatoms. The molecule has 1 aliphatic heterocycles.